The molecule has 76 valence electrons. The lowest BCUT2D eigenvalue weighted by atomic mass is 10.3. The highest BCUT2D eigenvalue weighted by atomic mass is 35.5. The van der Waals surface area contributed by atoms with E-state index < -0.39 is 0 Å². The molecule has 0 amide bonds. The zero-order valence-corrected chi connectivity index (χ0v) is 9.01. The minimum atomic E-state index is 0.536. The third-order valence-electron chi connectivity index (χ3n) is 2.56. The van der Waals surface area contributed by atoms with Crippen molar-refractivity contribution in [1.29, 1.82) is 0 Å². The third kappa shape index (κ3) is 2.35. The van der Waals surface area contributed by atoms with Gasteiger partial charge in [-0.25, -0.2) is 9.97 Å². The summed E-state index contributed by atoms with van der Waals surface area (Å²) >= 11 is 5.88. The molecule has 1 saturated carbocycles. The van der Waals surface area contributed by atoms with Crippen molar-refractivity contribution < 1.29 is 0 Å². The zero-order chi connectivity index (χ0) is 9.97. The van der Waals surface area contributed by atoms with Crippen molar-refractivity contribution in [2.45, 2.75) is 26.2 Å². The first-order chi connectivity index (χ1) is 6.77. The van der Waals surface area contributed by atoms with E-state index in [2.05, 4.69) is 15.3 Å². The lowest BCUT2D eigenvalue weighted by Gasteiger charge is -2.07. The smallest absolute Gasteiger partial charge is 0.137 e. The molecule has 14 heavy (non-hydrogen) atoms. The highest BCUT2D eigenvalue weighted by Crippen LogP contribution is 2.32. The van der Waals surface area contributed by atoms with Crippen LogP contribution in [-0.2, 0) is 0 Å². The van der Waals surface area contributed by atoms with E-state index >= 15 is 0 Å². The molecule has 2 rings (SSSR count). The number of nitrogens with zero attached hydrogens (tertiary/aromatic N) is 2. The maximum absolute atomic E-state index is 5.88. The Balaban J connectivity index is 1.90. The molecule has 0 radical (unpaired) electrons. The van der Waals surface area contributed by atoms with Gasteiger partial charge in [-0.1, -0.05) is 24.4 Å². The Morgan fingerprint density at radius 1 is 1.50 bits per heavy atom. The lowest BCUT2D eigenvalue weighted by Crippen LogP contribution is -2.06. The average molecular weight is 212 g/mol. The van der Waals surface area contributed by atoms with E-state index in [4.69, 9.17) is 11.6 Å². The summed E-state index contributed by atoms with van der Waals surface area (Å²) in [6.07, 6.45) is 5.52. The van der Waals surface area contributed by atoms with Gasteiger partial charge in [0.15, 0.2) is 0 Å². The molecule has 1 N–H and O–H groups in total. The van der Waals surface area contributed by atoms with Crippen LogP contribution in [0.3, 0.4) is 0 Å². The van der Waals surface area contributed by atoms with Crippen molar-refractivity contribution in [1.82, 2.24) is 9.97 Å². The van der Waals surface area contributed by atoms with Gasteiger partial charge in [-0.2, -0.15) is 0 Å². The van der Waals surface area contributed by atoms with Crippen molar-refractivity contribution in [3.8, 4) is 0 Å². The Labute approximate surface area is 88.9 Å². The fourth-order valence-electron chi connectivity index (χ4n) is 1.41. The van der Waals surface area contributed by atoms with Crippen molar-refractivity contribution in [3.05, 3.63) is 17.0 Å². The van der Waals surface area contributed by atoms with Crippen LogP contribution in [-0.4, -0.2) is 16.5 Å². The summed E-state index contributed by atoms with van der Waals surface area (Å²) in [5.74, 6) is 1.81. The van der Waals surface area contributed by atoms with Crippen LogP contribution in [0.15, 0.2) is 6.33 Å². The molecule has 0 aromatic carbocycles. The number of anilines is 1. The molecule has 1 heterocycles. The van der Waals surface area contributed by atoms with Crippen LogP contribution in [0.1, 0.15) is 24.8 Å². The van der Waals surface area contributed by atoms with Crippen molar-refractivity contribution >= 4 is 17.4 Å². The first-order valence-electron chi connectivity index (χ1n) is 4.98. The predicted molar refractivity (Wildman–Crippen MR) is 57.6 cm³/mol. The largest absolute Gasteiger partial charge is 0.370 e. The molecule has 0 saturated heterocycles. The SMILES string of the molecule is Cc1c(Cl)ncnc1NCCC1CC1. The second-order valence-corrected chi connectivity index (χ2v) is 4.15. The molecule has 0 bridgehead atoms. The summed E-state index contributed by atoms with van der Waals surface area (Å²) in [6.45, 7) is 2.92. The van der Waals surface area contributed by atoms with Crippen molar-refractivity contribution in [2.75, 3.05) is 11.9 Å². The van der Waals surface area contributed by atoms with Crippen LogP contribution >= 0.6 is 11.6 Å². The minimum absolute atomic E-state index is 0.536. The van der Waals surface area contributed by atoms with Gasteiger partial charge in [0.25, 0.3) is 0 Å². The van der Waals surface area contributed by atoms with E-state index in [0.717, 1.165) is 23.8 Å². The maximum atomic E-state index is 5.88. The Bertz CT molecular complexity index is 323. The molecule has 1 aromatic heterocycles. The topological polar surface area (TPSA) is 37.8 Å². The zero-order valence-electron chi connectivity index (χ0n) is 8.26. The monoisotopic (exact) mass is 211 g/mol. The average Bonchev–Trinajstić information content (AvgIpc) is 2.96. The van der Waals surface area contributed by atoms with Crippen molar-refractivity contribution in [3.63, 3.8) is 0 Å². The number of rotatable bonds is 4. The fourth-order valence-corrected chi connectivity index (χ4v) is 1.54. The van der Waals surface area contributed by atoms with Gasteiger partial charge < -0.3 is 5.32 Å². The summed E-state index contributed by atoms with van der Waals surface area (Å²) in [5.41, 5.74) is 0.935. The van der Waals surface area contributed by atoms with Crippen LogP contribution in [0.4, 0.5) is 5.82 Å². The van der Waals surface area contributed by atoms with Gasteiger partial charge >= 0.3 is 0 Å². The van der Waals surface area contributed by atoms with Crippen LogP contribution < -0.4 is 5.32 Å². The van der Waals surface area contributed by atoms with E-state index in [1.807, 2.05) is 6.92 Å². The summed E-state index contributed by atoms with van der Waals surface area (Å²) in [6, 6.07) is 0. The normalized spacial score (nSPS) is 15.6. The molecule has 1 aliphatic carbocycles. The molecule has 1 aliphatic rings. The highest BCUT2D eigenvalue weighted by molar-refractivity contribution is 6.30. The summed E-state index contributed by atoms with van der Waals surface area (Å²) in [5, 5.41) is 3.83. The van der Waals surface area contributed by atoms with Crippen LogP contribution in [0, 0.1) is 12.8 Å². The van der Waals surface area contributed by atoms with Gasteiger partial charge in [-0.3, -0.25) is 0 Å². The number of halogens is 1. The fraction of sp³-hybridized carbons (Fsp3) is 0.600. The number of aromatic nitrogens is 2. The third-order valence-corrected chi connectivity index (χ3v) is 2.95. The first-order valence-corrected chi connectivity index (χ1v) is 5.36. The molecule has 0 atom stereocenters. The molecular weight excluding hydrogens is 198 g/mol. The van der Waals surface area contributed by atoms with Crippen LogP contribution in [0.5, 0.6) is 0 Å². The second kappa shape index (κ2) is 4.13. The van der Waals surface area contributed by atoms with Gasteiger partial charge in [0.05, 0.1) is 0 Å². The van der Waals surface area contributed by atoms with Gasteiger partial charge in [-0.15, -0.1) is 0 Å². The summed E-state index contributed by atoms with van der Waals surface area (Å²) in [7, 11) is 0. The summed E-state index contributed by atoms with van der Waals surface area (Å²) in [4.78, 5) is 8.06. The molecule has 1 aromatic rings. The molecule has 4 heteroatoms. The first kappa shape index (κ1) is 9.71. The second-order valence-electron chi connectivity index (χ2n) is 3.80. The van der Waals surface area contributed by atoms with Crippen molar-refractivity contribution in [2.24, 2.45) is 5.92 Å². The number of nitrogens with one attached hydrogen (secondary N) is 1. The highest BCUT2D eigenvalue weighted by Gasteiger charge is 2.20. The maximum Gasteiger partial charge on any atom is 0.137 e. The number of hydrogen-bond acceptors (Lipinski definition) is 3. The minimum Gasteiger partial charge on any atom is -0.370 e. The van der Waals surface area contributed by atoms with Crippen LogP contribution in [0.2, 0.25) is 5.15 Å². The van der Waals surface area contributed by atoms with E-state index in [1.54, 1.807) is 0 Å². The van der Waals surface area contributed by atoms with E-state index in [-0.39, 0.29) is 0 Å². The van der Waals surface area contributed by atoms with Gasteiger partial charge in [-0.05, 0) is 19.3 Å². The molecule has 3 nitrogen and oxygen atoms in total. The summed E-state index contributed by atoms with van der Waals surface area (Å²) < 4.78 is 0. The van der Waals surface area contributed by atoms with Crippen LogP contribution in [0.25, 0.3) is 0 Å². The van der Waals surface area contributed by atoms with E-state index in [9.17, 15) is 0 Å². The van der Waals surface area contributed by atoms with E-state index in [0.29, 0.717) is 5.15 Å². The predicted octanol–water partition coefficient (Wildman–Crippen LogP) is 2.65. The van der Waals surface area contributed by atoms with Gasteiger partial charge in [0.1, 0.15) is 17.3 Å². The molecule has 0 aliphatic heterocycles. The molecule has 1 fully saturated rings. The lowest BCUT2D eigenvalue weighted by molar-refractivity contribution is 0.757. The Kier molecular flexibility index (Phi) is 2.87. The Morgan fingerprint density at radius 3 is 3.00 bits per heavy atom. The quantitative estimate of drug-likeness (QED) is 0.779. The Hall–Kier alpha value is -0.830. The van der Waals surface area contributed by atoms with E-state index in [1.165, 1.54) is 25.6 Å². The van der Waals surface area contributed by atoms with Gasteiger partial charge in [0.2, 0.25) is 0 Å². The molecular formula is C10H14ClN3. The Morgan fingerprint density at radius 2 is 2.29 bits per heavy atom. The molecule has 0 unspecified atom stereocenters. The standard InChI is InChI=1S/C10H14ClN3/c1-7-9(11)13-6-14-10(7)12-5-4-8-2-3-8/h6,8H,2-5H2,1H3,(H,12,13,14). The number of hydrogen-bond donors (Lipinski definition) is 1. The van der Waals surface area contributed by atoms with Gasteiger partial charge in [0, 0.05) is 12.1 Å². The molecule has 0 spiro atoms.